The number of nitrogens with zero attached hydrogens (tertiary/aromatic N) is 1. The first-order chi connectivity index (χ1) is 15.9. The van der Waals surface area contributed by atoms with Crippen molar-refractivity contribution in [3.63, 3.8) is 0 Å². The summed E-state index contributed by atoms with van der Waals surface area (Å²) < 4.78 is 32.6. The zero-order chi connectivity index (χ0) is 25.5. The van der Waals surface area contributed by atoms with Crippen molar-refractivity contribution in [2.24, 2.45) is 0 Å². The predicted molar refractivity (Wildman–Crippen MR) is 121 cm³/mol. The van der Waals surface area contributed by atoms with Gasteiger partial charge >= 0.3 is 5.97 Å². The lowest BCUT2D eigenvalue weighted by Gasteiger charge is -2.22. The Bertz CT molecular complexity index is 1170. The summed E-state index contributed by atoms with van der Waals surface area (Å²) >= 11 is 5.87. The fraction of sp³-hybridized carbons (Fsp3) is 0.286. The number of nitrogens with one attached hydrogen (secondary N) is 2. The van der Waals surface area contributed by atoms with Gasteiger partial charge in [0.1, 0.15) is 11.8 Å². The molecular formula is C21H22ClN3O8S. The Morgan fingerprint density at radius 2 is 1.68 bits per heavy atom. The van der Waals surface area contributed by atoms with E-state index in [1.165, 1.54) is 31.2 Å². The number of hydrogen-bond donors (Lipinski definition) is 2. The second-order valence-corrected chi connectivity index (χ2v) is 9.33. The molecule has 0 aliphatic rings. The van der Waals surface area contributed by atoms with Gasteiger partial charge in [-0.15, -0.1) is 0 Å². The first-order valence-corrected chi connectivity index (χ1v) is 11.7. The van der Waals surface area contributed by atoms with E-state index in [4.69, 9.17) is 16.3 Å². The summed E-state index contributed by atoms with van der Waals surface area (Å²) in [7, 11) is -3.18. The van der Waals surface area contributed by atoms with Gasteiger partial charge in [-0.2, -0.15) is 4.72 Å². The minimum Gasteiger partial charge on any atom is -0.467 e. The molecule has 0 saturated heterocycles. The van der Waals surface area contributed by atoms with E-state index in [0.29, 0.717) is 10.6 Å². The number of ketones is 1. The van der Waals surface area contributed by atoms with Crippen LogP contribution in [-0.4, -0.2) is 44.2 Å². The van der Waals surface area contributed by atoms with Crippen LogP contribution in [0.5, 0.6) is 0 Å². The molecule has 2 N–H and O–H groups in total. The van der Waals surface area contributed by atoms with Crippen molar-refractivity contribution in [3.8, 4) is 0 Å². The Labute approximate surface area is 200 Å². The zero-order valence-corrected chi connectivity index (χ0v) is 19.8. The third kappa shape index (κ3) is 7.33. The van der Waals surface area contributed by atoms with E-state index < -0.39 is 38.9 Å². The normalized spacial score (nSPS) is 12.9. The van der Waals surface area contributed by atoms with Crippen molar-refractivity contribution in [2.45, 2.75) is 36.7 Å². The van der Waals surface area contributed by atoms with Gasteiger partial charge in [0.25, 0.3) is 5.69 Å². The molecule has 11 nitrogen and oxygen atoms in total. The third-order valence-electron chi connectivity index (χ3n) is 4.68. The highest BCUT2D eigenvalue weighted by atomic mass is 35.5. The van der Waals surface area contributed by atoms with Crippen LogP contribution in [0.1, 0.15) is 31.4 Å². The van der Waals surface area contributed by atoms with E-state index >= 15 is 0 Å². The average molecular weight is 512 g/mol. The average Bonchev–Trinajstić information content (AvgIpc) is 2.80. The zero-order valence-electron chi connectivity index (χ0n) is 18.2. The first-order valence-electron chi connectivity index (χ1n) is 9.84. The molecule has 0 radical (unpaired) electrons. The molecule has 0 aromatic heterocycles. The molecule has 2 rings (SSSR count). The summed E-state index contributed by atoms with van der Waals surface area (Å²) in [4.78, 5) is 46.6. The maximum Gasteiger partial charge on any atom is 0.333 e. The number of hydrogen-bond acceptors (Lipinski definition) is 8. The van der Waals surface area contributed by atoms with E-state index in [0.717, 1.165) is 31.4 Å². The van der Waals surface area contributed by atoms with Crippen LogP contribution < -0.4 is 10.0 Å². The quantitative estimate of drug-likeness (QED) is 0.264. The lowest BCUT2D eigenvalue weighted by molar-refractivity contribution is -0.384. The lowest BCUT2D eigenvalue weighted by atomic mass is 10.1. The van der Waals surface area contributed by atoms with Gasteiger partial charge in [0, 0.05) is 23.6 Å². The largest absolute Gasteiger partial charge is 0.467 e. The smallest absolute Gasteiger partial charge is 0.333 e. The number of carbonyl (C=O) groups is 3. The topological polar surface area (TPSA) is 162 Å². The van der Waals surface area contributed by atoms with Crippen molar-refractivity contribution in [2.75, 3.05) is 7.11 Å². The molecule has 2 aromatic carbocycles. The summed E-state index contributed by atoms with van der Waals surface area (Å²) in [6.07, 6.45) is -0.313. The Balaban J connectivity index is 2.31. The minimum atomic E-state index is -4.31. The number of esters is 1. The van der Waals surface area contributed by atoms with Crippen LogP contribution in [0.4, 0.5) is 5.69 Å². The van der Waals surface area contributed by atoms with Crippen molar-refractivity contribution in [1.82, 2.24) is 10.0 Å². The van der Waals surface area contributed by atoms with E-state index in [9.17, 15) is 32.9 Å². The Kier molecular flexibility index (Phi) is 9.24. The number of non-ortho nitro benzene ring substituents is 1. The predicted octanol–water partition coefficient (Wildman–Crippen LogP) is 2.29. The van der Waals surface area contributed by atoms with E-state index in [1.54, 1.807) is 0 Å². The number of benzene rings is 2. The number of amides is 1. The molecule has 0 aliphatic heterocycles. The van der Waals surface area contributed by atoms with Gasteiger partial charge in [-0.3, -0.25) is 14.9 Å². The SMILES string of the molecule is COC(=O)[C@@H](NC(=O)[C@H](CCC(C)=O)NS(=O)(=O)c1ccc([N+](=O)[O-])cc1)c1ccc(Cl)cc1. The summed E-state index contributed by atoms with van der Waals surface area (Å²) in [5, 5.41) is 13.6. The molecule has 182 valence electrons. The lowest BCUT2D eigenvalue weighted by Crippen LogP contribution is -2.49. The molecule has 34 heavy (non-hydrogen) atoms. The number of carbonyl (C=O) groups excluding carboxylic acids is 3. The van der Waals surface area contributed by atoms with E-state index in [1.807, 2.05) is 0 Å². The number of sulfonamides is 1. The molecule has 0 aliphatic carbocycles. The molecule has 0 unspecified atom stereocenters. The fourth-order valence-electron chi connectivity index (χ4n) is 2.89. The summed E-state index contributed by atoms with van der Waals surface area (Å²) in [5.74, 6) is -1.97. The van der Waals surface area contributed by atoms with Crippen molar-refractivity contribution < 1.29 is 32.5 Å². The number of ether oxygens (including phenoxy) is 1. The van der Waals surface area contributed by atoms with Gasteiger partial charge in [-0.25, -0.2) is 13.2 Å². The third-order valence-corrected chi connectivity index (χ3v) is 6.42. The van der Waals surface area contributed by atoms with Crippen LogP contribution in [-0.2, 0) is 29.1 Å². The number of nitro benzene ring substituents is 1. The van der Waals surface area contributed by atoms with Crippen molar-refractivity contribution in [1.29, 1.82) is 0 Å². The molecule has 0 fully saturated rings. The van der Waals surface area contributed by atoms with Crippen LogP contribution in [0.25, 0.3) is 0 Å². The summed E-state index contributed by atoms with van der Waals surface area (Å²) in [5.41, 5.74) is 0.0295. The number of methoxy groups -OCH3 is 1. The van der Waals surface area contributed by atoms with Crippen LogP contribution in [0, 0.1) is 10.1 Å². The number of rotatable bonds is 11. The molecule has 0 bridgehead atoms. The van der Waals surface area contributed by atoms with Gasteiger partial charge in [-0.1, -0.05) is 23.7 Å². The summed E-state index contributed by atoms with van der Waals surface area (Å²) in [6.45, 7) is 1.28. The molecule has 13 heteroatoms. The van der Waals surface area contributed by atoms with Gasteiger partial charge < -0.3 is 14.8 Å². The first kappa shape index (κ1) is 26.9. The minimum absolute atomic E-state index is 0.120. The number of halogens is 1. The molecule has 2 atom stereocenters. The molecule has 1 amide bonds. The Morgan fingerprint density at radius 3 is 2.18 bits per heavy atom. The van der Waals surface area contributed by atoms with Gasteiger partial charge in [0.15, 0.2) is 6.04 Å². The highest BCUT2D eigenvalue weighted by molar-refractivity contribution is 7.89. The van der Waals surface area contributed by atoms with Crippen molar-refractivity contribution >= 4 is 45.0 Å². The second kappa shape index (κ2) is 11.7. The summed E-state index contributed by atoms with van der Waals surface area (Å²) in [6, 6.07) is 7.36. The maximum atomic E-state index is 13.0. The molecule has 0 spiro atoms. The maximum absolute atomic E-state index is 13.0. The molecule has 0 heterocycles. The highest BCUT2D eigenvalue weighted by Crippen LogP contribution is 2.20. The highest BCUT2D eigenvalue weighted by Gasteiger charge is 2.31. The van der Waals surface area contributed by atoms with Crippen LogP contribution >= 0.6 is 11.6 Å². The van der Waals surface area contributed by atoms with E-state index in [-0.39, 0.29) is 29.2 Å². The van der Waals surface area contributed by atoms with Gasteiger partial charge in [0.05, 0.1) is 16.9 Å². The van der Waals surface area contributed by atoms with Crippen LogP contribution in [0.2, 0.25) is 5.02 Å². The monoisotopic (exact) mass is 511 g/mol. The number of nitro groups is 1. The standard InChI is InChI=1S/C21H22ClN3O8S/c1-13(26)3-12-18(24-34(31,32)17-10-8-16(9-11-17)25(29)30)20(27)23-19(21(28)33-2)14-4-6-15(22)7-5-14/h4-11,18-19,24H,3,12H2,1-2H3,(H,23,27)/t18-,19-/m0/s1. The molecule has 2 aromatic rings. The van der Waals surface area contributed by atoms with Gasteiger partial charge in [-0.05, 0) is 43.2 Å². The van der Waals surface area contributed by atoms with E-state index in [2.05, 4.69) is 10.0 Å². The Morgan fingerprint density at radius 1 is 1.09 bits per heavy atom. The Hall–Kier alpha value is -3.35. The molecular weight excluding hydrogens is 490 g/mol. The fourth-order valence-corrected chi connectivity index (χ4v) is 4.24. The molecule has 0 saturated carbocycles. The van der Waals surface area contributed by atoms with Crippen LogP contribution in [0.3, 0.4) is 0 Å². The number of Topliss-reactive ketones (excluding diaryl/α,β-unsaturated/α-hetero) is 1. The van der Waals surface area contributed by atoms with Crippen LogP contribution in [0.15, 0.2) is 53.4 Å². The van der Waals surface area contributed by atoms with Gasteiger partial charge in [0.2, 0.25) is 15.9 Å². The second-order valence-electron chi connectivity index (χ2n) is 7.18. The van der Waals surface area contributed by atoms with Crippen molar-refractivity contribution in [3.05, 3.63) is 69.2 Å².